The maximum atomic E-state index is 4.19. The lowest BCUT2D eigenvalue weighted by Crippen LogP contribution is -1.95. The molecule has 0 spiro atoms. The fraction of sp³-hybridized carbons (Fsp3) is 0.286. The molecule has 0 aliphatic carbocycles. The van der Waals surface area contributed by atoms with Gasteiger partial charge in [0.2, 0.25) is 0 Å². The second-order valence-corrected chi connectivity index (χ2v) is 5.89. The van der Waals surface area contributed by atoms with E-state index < -0.39 is 0 Å². The summed E-state index contributed by atoms with van der Waals surface area (Å²) in [5.41, 5.74) is 1.99. The summed E-state index contributed by atoms with van der Waals surface area (Å²) in [6.07, 6.45) is 0. The third-order valence-electron chi connectivity index (χ3n) is 2.44. The van der Waals surface area contributed by atoms with Gasteiger partial charge in [0.15, 0.2) is 0 Å². The maximum absolute atomic E-state index is 4.19. The largest absolute Gasteiger partial charge is 0.372 e. The lowest BCUT2D eigenvalue weighted by atomic mass is 10.1. The van der Waals surface area contributed by atoms with E-state index in [2.05, 4.69) is 53.6 Å². The van der Waals surface area contributed by atoms with Crippen LogP contribution >= 0.6 is 11.8 Å². The second kappa shape index (κ2) is 5.87. The average Bonchev–Trinajstić information content (AvgIpc) is 2.39. The zero-order valence-corrected chi connectivity index (χ0v) is 11.7. The van der Waals surface area contributed by atoms with Gasteiger partial charge in [-0.2, -0.15) is 0 Å². The predicted molar refractivity (Wildman–Crippen MR) is 78.0 cm³/mol. The Morgan fingerprint density at radius 3 is 2.22 bits per heavy atom. The van der Waals surface area contributed by atoms with E-state index in [-0.39, 0.29) is 0 Å². The van der Waals surface area contributed by atoms with Gasteiger partial charge in [-0.3, -0.25) is 0 Å². The van der Waals surface area contributed by atoms with Gasteiger partial charge >= 0.3 is 0 Å². The number of anilines is 1. The van der Waals surface area contributed by atoms with Gasteiger partial charge < -0.3 is 5.32 Å². The van der Waals surface area contributed by atoms with Crippen molar-refractivity contribution in [2.45, 2.75) is 24.0 Å². The van der Waals surface area contributed by atoms with Crippen LogP contribution in [0.2, 0.25) is 0 Å². The van der Waals surface area contributed by atoms with Crippen molar-refractivity contribution < 1.29 is 0 Å². The van der Waals surface area contributed by atoms with Crippen molar-refractivity contribution in [3.63, 3.8) is 0 Å². The quantitative estimate of drug-likeness (QED) is 0.850. The molecular formula is C14H17N3S. The molecule has 3 nitrogen and oxygen atoms in total. The van der Waals surface area contributed by atoms with Gasteiger partial charge in [0.25, 0.3) is 0 Å². The first-order chi connectivity index (χ1) is 8.69. The molecule has 0 saturated heterocycles. The molecule has 94 valence electrons. The minimum absolute atomic E-state index is 0.602. The van der Waals surface area contributed by atoms with E-state index in [1.54, 1.807) is 0 Å². The molecule has 0 aliphatic rings. The van der Waals surface area contributed by atoms with E-state index in [1.165, 1.54) is 4.90 Å². The number of nitrogens with zero attached hydrogens (tertiary/aromatic N) is 2. The van der Waals surface area contributed by atoms with E-state index in [0.717, 1.165) is 17.1 Å². The van der Waals surface area contributed by atoms with Gasteiger partial charge in [-0.05, 0) is 24.3 Å². The van der Waals surface area contributed by atoms with E-state index in [9.17, 15) is 0 Å². The Kier molecular flexibility index (Phi) is 4.20. The van der Waals surface area contributed by atoms with Crippen LogP contribution in [0.1, 0.15) is 13.8 Å². The molecule has 0 fully saturated rings. The highest BCUT2D eigenvalue weighted by Gasteiger charge is 2.02. The van der Waals surface area contributed by atoms with Crippen LogP contribution in [-0.2, 0) is 0 Å². The fourth-order valence-corrected chi connectivity index (χ4v) is 2.43. The summed E-state index contributed by atoms with van der Waals surface area (Å²) in [6, 6.07) is 12.4. The SMILES string of the molecule is CNc1ccc(-c2ccc(SC(C)C)cc2)nn1. The molecule has 2 rings (SSSR count). The van der Waals surface area contributed by atoms with Gasteiger partial charge in [-0.1, -0.05) is 26.0 Å². The highest BCUT2D eigenvalue weighted by atomic mass is 32.2. The summed E-state index contributed by atoms with van der Waals surface area (Å²) in [4.78, 5) is 1.29. The molecule has 1 aromatic carbocycles. The van der Waals surface area contributed by atoms with Crippen LogP contribution in [0.4, 0.5) is 5.82 Å². The third-order valence-corrected chi connectivity index (χ3v) is 3.46. The van der Waals surface area contributed by atoms with Crippen molar-refractivity contribution in [3.05, 3.63) is 36.4 Å². The first-order valence-electron chi connectivity index (χ1n) is 5.97. The molecule has 1 aromatic heterocycles. The molecule has 0 aliphatic heterocycles. The minimum atomic E-state index is 0.602. The van der Waals surface area contributed by atoms with Gasteiger partial charge in [-0.15, -0.1) is 22.0 Å². The number of rotatable bonds is 4. The van der Waals surface area contributed by atoms with Crippen LogP contribution in [0, 0.1) is 0 Å². The predicted octanol–water partition coefficient (Wildman–Crippen LogP) is 3.69. The van der Waals surface area contributed by atoms with Gasteiger partial charge in [0, 0.05) is 22.8 Å². The molecular weight excluding hydrogens is 242 g/mol. The highest BCUT2D eigenvalue weighted by molar-refractivity contribution is 7.99. The Labute approximate surface area is 112 Å². The summed E-state index contributed by atoms with van der Waals surface area (Å²) >= 11 is 1.86. The number of aromatic nitrogens is 2. The van der Waals surface area contributed by atoms with Crippen molar-refractivity contribution in [1.82, 2.24) is 10.2 Å². The third kappa shape index (κ3) is 3.23. The molecule has 18 heavy (non-hydrogen) atoms. The molecule has 0 radical (unpaired) electrons. The van der Waals surface area contributed by atoms with Gasteiger partial charge in [0.05, 0.1) is 5.69 Å². The first kappa shape index (κ1) is 12.9. The molecule has 0 unspecified atom stereocenters. The summed E-state index contributed by atoms with van der Waals surface area (Å²) in [6.45, 7) is 4.39. The molecule has 2 aromatic rings. The van der Waals surface area contributed by atoms with Crippen LogP contribution in [-0.4, -0.2) is 22.5 Å². The zero-order chi connectivity index (χ0) is 13.0. The minimum Gasteiger partial charge on any atom is -0.372 e. The fourth-order valence-electron chi connectivity index (χ4n) is 1.60. The molecule has 1 N–H and O–H groups in total. The Balaban J connectivity index is 2.17. The molecule has 0 amide bonds. The average molecular weight is 259 g/mol. The Bertz CT molecular complexity index is 491. The Morgan fingerprint density at radius 1 is 1.00 bits per heavy atom. The first-order valence-corrected chi connectivity index (χ1v) is 6.85. The molecule has 0 atom stereocenters. The van der Waals surface area contributed by atoms with Crippen LogP contribution in [0.3, 0.4) is 0 Å². The van der Waals surface area contributed by atoms with Crippen LogP contribution in [0.5, 0.6) is 0 Å². The monoisotopic (exact) mass is 259 g/mol. The van der Waals surface area contributed by atoms with Crippen molar-refractivity contribution in [1.29, 1.82) is 0 Å². The molecule has 0 bridgehead atoms. The number of thioether (sulfide) groups is 1. The summed E-state index contributed by atoms with van der Waals surface area (Å²) in [5.74, 6) is 0.783. The number of benzene rings is 1. The molecule has 4 heteroatoms. The number of hydrogen-bond acceptors (Lipinski definition) is 4. The smallest absolute Gasteiger partial charge is 0.148 e. The van der Waals surface area contributed by atoms with Crippen molar-refractivity contribution in [2.24, 2.45) is 0 Å². The summed E-state index contributed by atoms with van der Waals surface area (Å²) in [7, 11) is 1.83. The Morgan fingerprint density at radius 2 is 1.72 bits per heavy atom. The molecule has 1 heterocycles. The van der Waals surface area contributed by atoms with E-state index in [0.29, 0.717) is 5.25 Å². The lowest BCUT2D eigenvalue weighted by molar-refractivity contribution is 1.04. The Hall–Kier alpha value is -1.55. The van der Waals surface area contributed by atoms with E-state index in [4.69, 9.17) is 0 Å². The summed E-state index contributed by atoms with van der Waals surface area (Å²) < 4.78 is 0. The van der Waals surface area contributed by atoms with Gasteiger partial charge in [-0.25, -0.2) is 0 Å². The normalized spacial score (nSPS) is 10.7. The summed E-state index contributed by atoms with van der Waals surface area (Å²) in [5, 5.41) is 11.8. The standard InChI is InChI=1S/C14H17N3S/c1-10(2)18-12-6-4-11(5-7-12)13-8-9-14(15-3)17-16-13/h4-10H,1-3H3,(H,15,17). The van der Waals surface area contributed by atoms with Crippen LogP contribution in [0.25, 0.3) is 11.3 Å². The zero-order valence-electron chi connectivity index (χ0n) is 10.8. The molecule has 0 saturated carbocycles. The van der Waals surface area contributed by atoms with E-state index in [1.807, 2.05) is 30.9 Å². The highest BCUT2D eigenvalue weighted by Crippen LogP contribution is 2.25. The number of hydrogen-bond donors (Lipinski definition) is 1. The van der Waals surface area contributed by atoms with Crippen molar-refractivity contribution >= 4 is 17.6 Å². The van der Waals surface area contributed by atoms with Crippen LogP contribution < -0.4 is 5.32 Å². The second-order valence-electron chi connectivity index (χ2n) is 4.24. The van der Waals surface area contributed by atoms with Crippen LogP contribution in [0.15, 0.2) is 41.3 Å². The lowest BCUT2D eigenvalue weighted by Gasteiger charge is -2.06. The number of nitrogens with one attached hydrogen (secondary N) is 1. The van der Waals surface area contributed by atoms with E-state index >= 15 is 0 Å². The maximum Gasteiger partial charge on any atom is 0.148 e. The van der Waals surface area contributed by atoms with Crippen molar-refractivity contribution in [3.8, 4) is 11.3 Å². The van der Waals surface area contributed by atoms with Crippen molar-refractivity contribution in [2.75, 3.05) is 12.4 Å². The van der Waals surface area contributed by atoms with Gasteiger partial charge in [0.1, 0.15) is 5.82 Å². The topological polar surface area (TPSA) is 37.8 Å².